The lowest BCUT2D eigenvalue weighted by atomic mass is 10.1. The molecule has 3 aromatic carbocycles. The van der Waals surface area contributed by atoms with Gasteiger partial charge >= 0.3 is 0 Å². The minimum atomic E-state index is -0.758. The number of para-hydroxylation sites is 3. The molecule has 168 valence electrons. The van der Waals surface area contributed by atoms with Crippen LogP contribution in [0.5, 0.6) is 5.75 Å². The zero-order valence-corrected chi connectivity index (χ0v) is 18.0. The van der Waals surface area contributed by atoms with Crippen LogP contribution in [0.2, 0.25) is 0 Å². The number of hydrogen-bond acceptors (Lipinski definition) is 4. The Morgan fingerprint density at radius 3 is 2.55 bits per heavy atom. The fourth-order valence-electron chi connectivity index (χ4n) is 4.32. The van der Waals surface area contributed by atoms with E-state index in [2.05, 4.69) is 0 Å². The van der Waals surface area contributed by atoms with E-state index >= 15 is 0 Å². The molecule has 1 aliphatic rings. The summed E-state index contributed by atoms with van der Waals surface area (Å²) in [6.07, 6.45) is -0.455. The van der Waals surface area contributed by atoms with Gasteiger partial charge in [-0.15, -0.1) is 0 Å². The molecular weight excluding hydrogens is 421 g/mol. The summed E-state index contributed by atoms with van der Waals surface area (Å²) < 4.78 is 21.0. The maximum atomic E-state index is 13.3. The number of aromatic nitrogens is 2. The topological polar surface area (TPSA) is 67.6 Å². The van der Waals surface area contributed by atoms with E-state index in [1.165, 1.54) is 12.1 Å². The van der Waals surface area contributed by atoms with Crippen molar-refractivity contribution in [2.24, 2.45) is 0 Å². The molecule has 0 unspecified atom stereocenters. The summed E-state index contributed by atoms with van der Waals surface area (Å²) in [6, 6.07) is 23.0. The number of hydrogen-bond donors (Lipinski definition) is 1. The van der Waals surface area contributed by atoms with E-state index in [4.69, 9.17) is 9.72 Å². The van der Waals surface area contributed by atoms with Gasteiger partial charge in [-0.3, -0.25) is 4.79 Å². The maximum Gasteiger partial charge on any atom is 0.227 e. The second-order valence-electron chi connectivity index (χ2n) is 8.23. The number of aliphatic hydroxyl groups is 1. The van der Waals surface area contributed by atoms with Crippen molar-refractivity contribution in [2.75, 3.05) is 18.1 Å². The number of halogens is 1. The van der Waals surface area contributed by atoms with Crippen LogP contribution >= 0.6 is 0 Å². The summed E-state index contributed by atoms with van der Waals surface area (Å²) in [7, 11) is 0. The molecule has 2 heterocycles. The van der Waals surface area contributed by atoms with Gasteiger partial charge in [-0.1, -0.05) is 30.3 Å². The molecule has 5 rings (SSSR count). The van der Waals surface area contributed by atoms with Crippen LogP contribution in [0.1, 0.15) is 18.2 Å². The molecule has 0 spiro atoms. The maximum absolute atomic E-state index is 13.3. The molecule has 1 fully saturated rings. The van der Waals surface area contributed by atoms with E-state index in [-0.39, 0.29) is 24.2 Å². The number of ether oxygens (including phenoxy) is 1. The quantitative estimate of drug-likeness (QED) is 0.464. The molecule has 6 nitrogen and oxygen atoms in total. The van der Waals surface area contributed by atoms with Crippen LogP contribution < -0.4 is 9.64 Å². The smallest absolute Gasteiger partial charge is 0.227 e. The average Bonchev–Trinajstić information content (AvgIpc) is 3.39. The Morgan fingerprint density at radius 1 is 1.03 bits per heavy atom. The van der Waals surface area contributed by atoms with Gasteiger partial charge in [-0.25, -0.2) is 9.37 Å². The summed E-state index contributed by atoms with van der Waals surface area (Å²) in [4.78, 5) is 19.3. The SMILES string of the molecule is O=C1C[C@@H](c2nc3ccccc3n2C[C@@H](O)COc2ccccc2)CN1c1ccc(F)cc1. The number of benzene rings is 3. The van der Waals surface area contributed by atoms with E-state index in [1.807, 2.05) is 59.2 Å². The first-order chi connectivity index (χ1) is 16.1. The molecular formula is C26H24FN3O3. The first-order valence-corrected chi connectivity index (χ1v) is 11.0. The molecule has 0 bridgehead atoms. The fourth-order valence-corrected chi connectivity index (χ4v) is 4.32. The third-order valence-electron chi connectivity index (χ3n) is 5.89. The van der Waals surface area contributed by atoms with Gasteiger partial charge in [0.1, 0.15) is 30.1 Å². The summed E-state index contributed by atoms with van der Waals surface area (Å²) in [5.74, 6) is 0.947. The number of imidazole rings is 1. The number of aliphatic hydroxyl groups excluding tert-OH is 1. The van der Waals surface area contributed by atoms with E-state index in [9.17, 15) is 14.3 Å². The number of rotatable bonds is 7. The van der Waals surface area contributed by atoms with Gasteiger partial charge in [-0.2, -0.15) is 0 Å². The first kappa shape index (κ1) is 21.2. The first-order valence-electron chi connectivity index (χ1n) is 11.0. The van der Waals surface area contributed by atoms with Crippen molar-refractivity contribution in [1.29, 1.82) is 0 Å². The van der Waals surface area contributed by atoms with Crippen LogP contribution in [0.4, 0.5) is 10.1 Å². The highest BCUT2D eigenvalue weighted by molar-refractivity contribution is 5.96. The predicted octanol–water partition coefficient (Wildman–Crippen LogP) is 4.14. The van der Waals surface area contributed by atoms with Gasteiger partial charge < -0.3 is 19.3 Å². The third-order valence-corrected chi connectivity index (χ3v) is 5.89. The molecule has 0 saturated carbocycles. The van der Waals surface area contributed by atoms with Gasteiger partial charge in [0.25, 0.3) is 0 Å². The third kappa shape index (κ3) is 4.45. The molecule has 1 saturated heterocycles. The number of nitrogens with zero attached hydrogens (tertiary/aromatic N) is 3. The second kappa shape index (κ2) is 9.03. The van der Waals surface area contributed by atoms with Gasteiger partial charge in [-0.05, 0) is 48.5 Å². The number of fused-ring (bicyclic) bond motifs is 1. The lowest BCUT2D eigenvalue weighted by Crippen LogP contribution is -2.26. The molecule has 0 radical (unpaired) electrons. The standard InChI is InChI=1S/C26H24FN3O3/c27-19-10-12-20(13-11-19)29-15-18(14-25(29)32)26-28-23-8-4-5-9-24(23)30(26)16-21(31)17-33-22-6-2-1-3-7-22/h1-13,18,21,31H,14-17H2/t18-,21-/m1/s1. The second-order valence-corrected chi connectivity index (χ2v) is 8.23. The van der Waals surface area contributed by atoms with Crippen LogP contribution in [0.25, 0.3) is 11.0 Å². The van der Waals surface area contributed by atoms with E-state index in [0.29, 0.717) is 30.9 Å². The molecule has 33 heavy (non-hydrogen) atoms. The van der Waals surface area contributed by atoms with Crippen molar-refractivity contribution in [3.63, 3.8) is 0 Å². The van der Waals surface area contributed by atoms with Crippen LogP contribution in [-0.2, 0) is 11.3 Å². The number of carbonyl (C=O) groups excluding carboxylic acids is 1. The molecule has 4 aromatic rings. The molecule has 1 N–H and O–H groups in total. The van der Waals surface area contributed by atoms with Crippen LogP contribution in [0.3, 0.4) is 0 Å². The molecule has 0 aliphatic carbocycles. The Balaban J connectivity index is 1.38. The highest BCUT2D eigenvalue weighted by atomic mass is 19.1. The molecule has 1 aliphatic heterocycles. The van der Waals surface area contributed by atoms with E-state index in [1.54, 1.807) is 17.0 Å². The monoisotopic (exact) mass is 445 g/mol. The lowest BCUT2D eigenvalue weighted by molar-refractivity contribution is -0.117. The summed E-state index contributed by atoms with van der Waals surface area (Å²) in [6.45, 7) is 0.885. The molecule has 2 atom stereocenters. The van der Waals surface area contributed by atoms with Gasteiger partial charge in [0.2, 0.25) is 5.91 Å². The Labute approximate surface area is 190 Å². The Kier molecular flexibility index (Phi) is 5.79. The van der Waals surface area contributed by atoms with Crippen LogP contribution in [0.15, 0.2) is 78.9 Å². The van der Waals surface area contributed by atoms with E-state index < -0.39 is 6.10 Å². The average molecular weight is 445 g/mol. The van der Waals surface area contributed by atoms with Crippen molar-refractivity contribution in [3.05, 3.63) is 90.5 Å². The van der Waals surface area contributed by atoms with E-state index in [0.717, 1.165) is 16.9 Å². The highest BCUT2D eigenvalue weighted by Gasteiger charge is 2.35. The highest BCUT2D eigenvalue weighted by Crippen LogP contribution is 2.33. The summed E-state index contributed by atoms with van der Waals surface area (Å²) in [5, 5.41) is 10.7. The van der Waals surface area contributed by atoms with Crippen molar-refractivity contribution in [1.82, 2.24) is 9.55 Å². The van der Waals surface area contributed by atoms with Gasteiger partial charge in [0, 0.05) is 24.6 Å². The minimum Gasteiger partial charge on any atom is -0.491 e. The number of anilines is 1. The minimum absolute atomic E-state index is 0.0295. The Morgan fingerprint density at radius 2 is 1.76 bits per heavy atom. The lowest BCUT2D eigenvalue weighted by Gasteiger charge is -2.19. The zero-order chi connectivity index (χ0) is 22.8. The Bertz CT molecular complexity index is 1260. The largest absolute Gasteiger partial charge is 0.491 e. The van der Waals surface area contributed by atoms with Crippen LogP contribution in [0, 0.1) is 5.82 Å². The Hall–Kier alpha value is -3.71. The fraction of sp³-hybridized carbons (Fsp3) is 0.231. The molecule has 7 heteroatoms. The van der Waals surface area contributed by atoms with Crippen molar-refractivity contribution in [2.45, 2.75) is 25.0 Å². The number of carbonyl (C=O) groups is 1. The molecule has 1 aromatic heterocycles. The van der Waals surface area contributed by atoms with Gasteiger partial charge in [0.15, 0.2) is 0 Å². The number of amides is 1. The van der Waals surface area contributed by atoms with Crippen LogP contribution in [-0.4, -0.2) is 39.8 Å². The molecule has 1 amide bonds. The van der Waals surface area contributed by atoms with Crippen molar-refractivity contribution >= 4 is 22.6 Å². The van der Waals surface area contributed by atoms with Crippen molar-refractivity contribution < 1.29 is 19.0 Å². The zero-order valence-electron chi connectivity index (χ0n) is 18.0. The predicted molar refractivity (Wildman–Crippen MR) is 124 cm³/mol. The van der Waals surface area contributed by atoms with Crippen molar-refractivity contribution in [3.8, 4) is 5.75 Å². The summed E-state index contributed by atoms with van der Waals surface area (Å²) in [5.41, 5.74) is 2.39. The van der Waals surface area contributed by atoms with Gasteiger partial charge in [0.05, 0.1) is 17.6 Å². The summed E-state index contributed by atoms with van der Waals surface area (Å²) >= 11 is 0. The normalized spacial score (nSPS) is 17.0.